The molecule has 1 atom stereocenters. The third-order valence-electron chi connectivity index (χ3n) is 3.85. The second-order valence-electron chi connectivity index (χ2n) is 5.25. The average Bonchev–Trinajstić information content (AvgIpc) is 2.46. The summed E-state index contributed by atoms with van der Waals surface area (Å²) in [5, 5.41) is 3.59. The van der Waals surface area contributed by atoms with Crippen LogP contribution in [-0.4, -0.2) is 7.11 Å². The molecule has 0 bridgehead atoms. The van der Waals surface area contributed by atoms with Gasteiger partial charge in [0.2, 0.25) is 0 Å². The summed E-state index contributed by atoms with van der Waals surface area (Å²) >= 11 is 0. The maximum absolute atomic E-state index is 5.19. The SMILES string of the molecule is COc1ccc([C@H](C)NCc2c(C)cccc2C)cc1. The molecule has 2 heteroatoms. The Labute approximate surface area is 121 Å². The number of ether oxygens (including phenoxy) is 1. The zero-order valence-electron chi connectivity index (χ0n) is 12.7. The summed E-state index contributed by atoms with van der Waals surface area (Å²) in [6.07, 6.45) is 0. The van der Waals surface area contributed by atoms with Crippen LogP contribution in [0.3, 0.4) is 0 Å². The van der Waals surface area contributed by atoms with Gasteiger partial charge in [0.15, 0.2) is 0 Å². The van der Waals surface area contributed by atoms with Crippen molar-refractivity contribution in [2.24, 2.45) is 0 Å². The molecule has 0 saturated carbocycles. The molecular weight excluding hydrogens is 246 g/mol. The summed E-state index contributed by atoms with van der Waals surface area (Å²) in [6.45, 7) is 7.42. The summed E-state index contributed by atoms with van der Waals surface area (Å²) in [4.78, 5) is 0. The molecule has 0 fully saturated rings. The first-order chi connectivity index (χ1) is 9.61. The van der Waals surface area contributed by atoms with E-state index in [0.717, 1.165) is 12.3 Å². The minimum Gasteiger partial charge on any atom is -0.497 e. The highest BCUT2D eigenvalue weighted by molar-refractivity contribution is 5.34. The Balaban J connectivity index is 2.02. The number of aryl methyl sites for hydroxylation is 2. The lowest BCUT2D eigenvalue weighted by Crippen LogP contribution is -2.19. The van der Waals surface area contributed by atoms with Crippen LogP contribution in [0.2, 0.25) is 0 Å². The van der Waals surface area contributed by atoms with Gasteiger partial charge in [0.05, 0.1) is 7.11 Å². The van der Waals surface area contributed by atoms with Crippen LogP contribution in [0.15, 0.2) is 42.5 Å². The Bertz CT molecular complexity index is 540. The molecule has 106 valence electrons. The minimum atomic E-state index is 0.319. The van der Waals surface area contributed by atoms with Gasteiger partial charge >= 0.3 is 0 Å². The maximum Gasteiger partial charge on any atom is 0.118 e. The number of nitrogens with one attached hydrogen (secondary N) is 1. The molecule has 0 saturated heterocycles. The van der Waals surface area contributed by atoms with E-state index in [1.54, 1.807) is 7.11 Å². The summed E-state index contributed by atoms with van der Waals surface area (Å²) < 4.78 is 5.19. The van der Waals surface area contributed by atoms with Crippen LogP contribution in [0.1, 0.15) is 35.2 Å². The minimum absolute atomic E-state index is 0.319. The zero-order valence-corrected chi connectivity index (χ0v) is 12.7. The van der Waals surface area contributed by atoms with Gasteiger partial charge in [-0.05, 0) is 55.2 Å². The summed E-state index contributed by atoms with van der Waals surface area (Å²) in [7, 11) is 1.69. The van der Waals surface area contributed by atoms with Crippen LogP contribution in [0, 0.1) is 13.8 Å². The lowest BCUT2D eigenvalue weighted by atomic mass is 10.0. The van der Waals surface area contributed by atoms with Crippen LogP contribution in [0.5, 0.6) is 5.75 Å². The monoisotopic (exact) mass is 269 g/mol. The Hall–Kier alpha value is -1.80. The van der Waals surface area contributed by atoms with E-state index in [0.29, 0.717) is 6.04 Å². The normalized spacial score (nSPS) is 12.2. The van der Waals surface area contributed by atoms with Gasteiger partial charge in [-0.15, -0.1) is 0 Å². The summed E-state index contributed by atoms with van der Waals surface area (Å²) in [5.41, 5.74) is 5.36. The first-order valence-corrected chi connectivity index (χ1v) is 7.04. The van der Waals surface area contributed by atoms with Crippen molar-refractivity contribution in [3.05, 3.63) is 64.7 Å². The van der Waals surface area contributed by atoms with Crippen molar-refractivity contribution in [2.45, 2.75) is 33.4 Å². The van der Waals surface area contributed by atoms with E-state index in [1.165, 1.54) is 22.3 Å². The molecular formula is C18H23NO. The highest BCUT2D eigenvalue weighted by atomic mass is 16.5. The number of methoxy groups -OCH3 is 1. The first kappa shape index (κ1) is 14.6. The van der Waals surface area contributed by atoms with Crippen molar-refractivity contribution in [1.82, 2.24) is 5.32 Å². The Morgan fingerprint density at radius 1 is 1.00 bits per heavy atom. The van der Waals surface area contributed by atoms with E-state index in [2.05, 4.69) is 56.4 Å². The molecule has 0 radical (unpaired) electrons. The van der Waals surface area contributed by atoms with Crippen LogP contribution >= 0.6 is 0 Å². The fraction of sp³-hybridized carbons (Fsp3) is 0.333. The molecule has 20 heavy (non-hydrogen) atoms. The second kappa shape index (κ2) is 6.58. The van der Waals surface area contributed by atoms with E-state index in [9.17, 15) is 0 Å². The lowest BCUT2D eigenvalue weighted by Gasteiger charge is -2.17. The fourth-order valence-electron chi connectivity index (χ4n) is 2.39. The predicted octanol–water partition coefficient (Wildman–Crippen LogP) is 4.16. The average molecular weight is 269 g/mol. The zero-order chi connectivity index (χ0) is 14.5. The van der Waals surface area contributed by atoms with Crippen molar-refractivity contribution in [3.8, 4) is 5.75 Å². The second-order valence-corrected chi connectivity index (χ2v) is 5.25. The molecule has 0 aliphatic heterocycles. The van der Waals surface area contributed by atoms with E-state index < -0.39 is 0 Å². The quantitative estimate of drug-likeness (QED) is 0.880. The van der Waals surface area contributed by atoms with Gasteiger partial charge in [-0.2, -0.15) is 0 Å². The largest absolute Gasteiger partial charge is 0.497 e. The molecule has 0 unspecified atom stereocenters. The van der Waals surface area contributed by atoms with Gasteiger partial charge < -0.3 is 10.1 Å². The van der Waals surface area contributed by atoms with E-state index in [4.69, 9.17) is 4.74 Å². The van der Waals surface area contributed by atoms with Gasteiger partial charge in [-0.3, -0.25) is 0 Å². The molecule has 0 amide bonds. The Morgan fingerprint density at radius 2 is 1.60 bits per heavy atom. The molecule has 2 rings (SSSR count). The van der Waals surface area contributed by atoms with Crippen molar-refractivity contribution < 1.29 is 4.74 Å². The molecule has 0 aromatic heterocycles. The van der Waals surface area contributed by atoms with Gasteiger partial charge in [0, 0.05) is 12.6 Å². The smallest absolute Gasteiger partial charge is 0.118 e. The number of benzene rings is 2. The van der Waals surface area contributed by atoms with Crippen LogP contribution in [-0.2, 0) is 6.54 Å². The van der Waals surface area contributed by atoms with Gasteiger partial charge in [0.25, 0.3) is 0 Å². The van der Waals surface area contributed by atoms with E-state index >= 15 is 0 Å². The Kier molecular flexibility index (Phi) is 4.80. The molecule has 0 aliphatic carbocycles. The van der Waals surface area contributed by atoms with Crippen LogP contribution < -0.4 is 10.1 Å². The third kappa shape index (κ3) is 3.40. The molecule has 0 aliphatic rings. The highest BCUT2D eigenvalue weighted by Crippen LogP contribution is 2.19. The Morgan fingerprint density at radius 3 is 2.15 bits per heavy atom. The number of hydrogen-bond acceptors (Lipinski definition) is 2. The molecule has 2 aromatic carbocycles. The van der Waals surface area contributed by atoms with Crippen LogP contribution in [0.25, 0.3) is 0 Å². The van der Waals surface area contributed by atoms with Gasteiger partial charge in [-0.1, -0.05) is 30.3 Å². The topological polar surface area (TPSA) is 21.3 Å². The van der Waals surface area contributed by atoms with Gasteiger partial charge in [0.1, 0.15) is 5.75 Å². The van der Waals surface area contributed by atoms with Crippen molar-refractivity contribution in [2.75, 3.05) is 7.11 Å². The molecule has 2 nitrogen and oxygen atoms in total. The summed E-state index contributed by atoms with van der Waals surface area (Å²) in [5.74, 6) is 0.899. The van der Waals surface area contributed by atoms with Crippen LogP contribution in [0.4, 0.5) is 0 Å². The molecule has 0 heterocycles. The molecule has 2 aromatic rings. The third-order valence-corrected chi connectivity index (χ3v) is 3.85. The summed E-state index contributed by atoms with van der Waals surface area (Å²) in [6, 6.07) is 15.0. The number of rotatable bonds is 5. The van der Waals surface area contributed by atoms with Crippen molar-refractivity contribution in [3.63, 3.8) is 0 Å². The first-order valence-electron chi connectivity index (χ1n) is 7.04. The molecule has 0 spiro atoms. The van der Waals surface area contributed by atoms with Crippen molar-refractivity contribution in [1.29, 1.82) is 0 Å². The van der Waals surface area contributed by atoms with Gasteiger partial charge in [-0.25, -0.2) is 0 Å². The maximum atomic E-state index is 5.19. The molecule has 1 N–H and O–H groups in total. The predicted molar refractivity (Wildman–Crippen MR) is 84.2 cm³/mol. The highest BCUT2D eigenvalue weighted by Gasteiger charge is 2.07. The standard InChI is InChI=1S/C18H23NO/c1-13-6-5-7-14(2)18(13)12-19-15(3)16-8-10-17(20-4)11-9-16/h5-11,15,19H,12H2,1-4H3/t15-/m0/s1. The van der Waals surface area contributed by atoms with E-state index in [1.807, 2.05) is 12.1 Å². The number of hydrogen-bond donors (Lipinski definition) is 1. The van der Waals surface area contributed by atoms with Crippen molar-refractivity contribution >= 4 is 0 Å². The van der Waals surface area contributed by atoms with E-state index in [-0.39, 0.29) is 0 Å². The lowest BCUT2D eigenvalue weighted by molar-refractivity contribution is 0.414. The fourth-order valence-corrected chi connectivity index (χ4v) is 2.39.